The van der Waals surface area contributed by atoms with E-state index in [-0.39, 0.29) is 5.91 Å². The summed E-state index contributed by atoms with van der Waals surface area (Å²) in [5.41, 5.74) is 0. The molecule has 1 fully saturated rings. The van der Waals surface area contributed by atoms with E-state index in [1.54, 1.807) is 11.9 Å². The second-order valence-electron chi connectivity index (χ2n) is 4.77. The topological polar surface area (TPSA) is 53.3 Å². The fourth-order valence-corrected chi connectivity index (χ4v) is 2.23. The molecule has 17 heavy (non-hydrogen) atoms. The zero-order chi connectivity index (χ0) is 12.7. The Morgan fingerprint density at radius 3 is 2.94 bits per heavy atom. The molecule has 1 aliphatic heterocycles. The Labute approximate surface area is 104 Å². The van der Waals surface area contributed by atoms with E-state index in [1.807, 2.05) is 6.92 Å². The van der Waals surface area contributed by atoms with Gasteiger partial charge in [0.1, 0.15) is 5.92 Å². The Morgan fingerprint density at radius 2 is 2.41 bits per heavy atom. The van der Waals surface area contributed by atoms with Gasteiger partial charge in [-0.15, -0.1) is 0 Å². The molecule has 0 saturated carbocycles. The van der Waals surface area contributed by atoms with Crippen LogP contribution in [0.25, 0.3) is 0 Å². The normalized spacial score (nSPS) is 21.6. The molecule has 0 N–H and O–H groups in total. The van der Waals surface area contributed by atoms with Crippen molar-refractivity contribution in [2.75, 3.05) is 26.8 Å². The van der Waals surface area contributed by atoms with E-state index >= 15 is 0 Å². The zero-order valence-electron chi connectivity index (χ0n) is 10.8. The molecule has 96 valence electrons. The van der Waals surface area contributed by atoms with Crippen molar-refractivity contribution >= 4 is 5.91 Å². The van der Waals surface area contributed by atoms with Crippen molar-refractivity contribution in [1.82, 2.24) is 4.90 Å². The third-order valence-corrected chi connectivity index (χ3v) is 3.19. The van der Waals surface area contributed by atoms with Gasteiger partial charge in [-0.1, -0.05) is 13.3 Å². The van der Waals surface area contributed by atoms with Gasteiger partial charge in [0.05, 0.1) is 12.7 Å². The third kappa shape index (κ3) is 4.35. The number of carbonyl (C=O) groups is 1. The van der Waals surface area contributed by atoms with Gasteiger partial charge in [-0.3, -0.25) is 4.79 Å². The highest BCUT2D eigenvalue weighted by atomic mass is 16.5. The molecule has 0 aromatic rings. The lowest BCUT2D eigenvalue weighted by Crippen LogP contribution is -2.38. The van der Waals surface area contributed by atoms with Gasteiger partial charge < -0.3 is 9.64 Å². The maximum atomic E-state index is 12.0. The summed E-state index contributed by atoms with van der Waals surface area (Å²) in [6, 6.07) is 2.10. The smallest absolute Gasteiger partial charge is 0.239 e. The van der Waals surface area contributed by atoms with Crippen LogP contribution in [0.3, 0.4) is 0 Å². The summed E-state index contributed by atoms with van der Waals surface area (Å²) in [7, 11) is 1.79. The number of hydrogen-bond donors (Lipinski definition) is 0. The van der Waals surface area contributed by atoms with Crippen LogP contribution in [0.4, 0.5) is 0 Å². The standard InChI is InChI=1S/C13H22N2O2/c1-3-5-12(8-14)13(16)15(2)9-11-6-4-7-17-10-11/h11-12H,3-7,9-10H2,1-2H3. The van der Waals surface area contributed by atoms with Crippen molar-refractivity contribution in [3.05, 3.63) is 0 Å². The molecule has 1 amide bonds. The van der Waals surface area contributed by atoms with Crippen molar-refractivity contribution in [3.8, 4) is 6.07 Å². The average molecular weight is 238 g/mol. The molecular weight excluding hydrogens is 216 g/mol. The Bertz CT molecular complexity index is 280. The molecule has 0 radical (unpaired) electrons. The van der Waals surface area contributed by atoms with Crippen LogP contribution in [0.2, 0.25) is 0 Å². The zero-order valence-corrected chi connectivity index (χ0v) is 10.8. The van der Waals surface area contributed by atoms with Gasteiger partial charge in [-0.2, -0.15) is 5.26 Å². The molecule has 0 bridgehead atoms. The highest BCUT2D eigenvalue weighted by molar-refractivity contribution is 5.80. The first kappa shape index (κ1) is 14.0. The molecule has 0 aromatic heterocycles. The molecule has 1 saturated heterocycles. The lowest BCUT2D eigenvalue weighted by Gasteiger charge is -2.28. The van der Waals surface area contributed by atoms with E-state index in [1.165, 1.54) is 0 Å². The van der Waals surface area contributed by atoms with Gasteiger partial charge >= 0.3 is 0 Å². The molecule has 0 spiro atoms. The first-order chi connectivity index (χ1) is 8.19. The second-order valence-corrected chi connectivity index (χ2v) is 4.77. The van der Waals surface area contributed by atoms with Crippen LogP contribution in [0.5, 0.6) is 0 Å². The van der Waals surface area contributed by atoms with E-state index in [0.29, 0.717) is 18.9 Å². The predicted molar refractivity (Wildman–Crippen MR) is 65.2 cm³/mol. The fraction of sp³-hybridized carbons (Fsp3) is 0.846. The van der Waals surface area contributed by atoms with Crippen LogP contribution < -0.4 is 0 Å². The first-order valence-corrected chi connectivity index (χ1v) is 6.41. The summed E-state index contributed by atoms with van der Waals surface area (Å²) >= 11 is 0. The van der Waals surface area contributed by atoms with Crippen LogP contribution in [-0.2, 0) is 9.53 Å². The SMILES string of the molecule is CCCC(C#N)C(=O)N(C)CC1CCCOC1. The van der Waals surface area contributed by atoms with Crippen LogP contribution >= 0.6 is 0 Å². The van der Waals surface area contributed by atoms with Gasteiger partial charge in [0.15, 0.2) is 0 Å². The molecule has 0 aliphatic carbocycles. The summed E-state index contributed by atoms with van der Waals surface area (Å²) in [5, 5.41) is 8.96. The molecule has 0 aromatic carbocycles. The number of carbonyl (C=O) groups excluding carboxylic acids is 1. The van der Waals surface area contributed by atoms with Gasteiger partial charge in [0.2, 0.25) is 5.91 Å². The highest BCUT2D eigenvalue weighted by Gasteiger charge is 2.24. The summed E-state index contributed by atoms with van der Waals surface area (Å²) < 4.78 is 5.39. The average Bonchev–Trinajstić information content (AvgIpc) is 2.36. The van der Waals surface area contributed by atoms with Crippen molar-refractivity contribution < 1.29 is 9.53 Å². The fourth-order valence-electron chi connectivity index (χ4n) is 2.23. The number of ether oxygens (including phenoxy) is 1. The second kappa shape index (κ2) is 7.29. The van der Waals surface area contributed by atoms with Crippen molar-refractivity contribution in [1.29, 1.82) is 5.26 Å². The van der Waals surface area contributed by atoms with Crippen molar-refractivity contribution in [2.24, 2.45) is 11.8 Å². The number of amides is 1. The number of rotatable bonds is 5. The molecule has 4 heteroatoms. The molecule has 4 nitrogen and oxygen atoms in total. The predicted octanol–water partition coefficient (Wildman–Crippen LogP) is 1.81. The molecular formula is C13H22N2O2. The Kier molecular flexibility index (Phi) is 5.99. The minimum atomic E-state index is -0.477. The number of nitrogens with zero attached hydrogens (tertiary/aromatic N) is 2. The lowest BCUT2D eigenvalue weighted by molar-refractivity contribution is -0.133. The molecule has 2 unspecified atom stereocenters. The first-order valence-electron chi connectivity index (χ1n) is 6.41. The summed E-state index contributed by atoms with van der Waals surface area (Å²) in [4.78, 5) is 13.7. The summed E-state index contributed by atoms with van der Waals surface area (Å²) in [5.74, 6) is -0.0897. The largest absolute Gasteiger partial charge is 0.381 e. The van der Waals surface area contributed by atoms with Crippen LogP contribution in [0.1, 0.15) is 32.6 Å². The van der Waals surface area contributed by atoms with E-state index in [9.17, 15) is 4.79 Å². The highest BCUT2D eigenvalue weighted by Crippen LogP contribution is 2.16. The molecule has 1 heterocycles. The maximum Gasteiger partial charge on any atom is 0.239 e. The van der Waals surface area contributed by atoms with Gasteiger partial charge in [0, 0.05) is 20.2 Å². The van der Waals surface area contributed by atoms with Gasteiger partial charge in [0.25, 0.3) is 0 Å². The van der Waals surface area contributed by atoms with Crippen LogP contribution in [0, 0.1) is 23.2 Å². The maximum absolute atomic E-state index is 12.0. The summed E-state index contributed by atoms with van der Waals surface area (Å²) in [6.07, 6.45) is 3.71. The van der Waals surface area contributed by atoms with E-state index in [0.717, 1.165) is 32.5 Å². The van der Waals surface area contributed by atoms with Crippen LogP contribution in [-0.4, -0.2) is 37.6 Å². The number of hydrogen-bond acceptors (Lipinski definition) is 3. The Hall–Kier alpha value is -1.08. The number of nitriles is 1. The monoisotopic (exact) mass is 238 g/mol. The van der Waals surface area contributed by atoms with Gasteiger partial charge in [-0.05, 0) is 25.2 Å². The molecule has 2 atom stereocenters. The third-order valence-electron chi connectivity index (χ3n) is 3.19. The van der Waals surface area contributed by atoms with Crippen molar-refractivity contribution in [2.45, 2.75) is 32.6 Å². The van der Waals surface area contributed by atoms with Gasteiger partial charge in [-0.25, -0.2) is 0 Å². The quantitative estimate of drug-likeness (QED) is 0.734. The molecule has 1 rings (SSSR count). The molecule has 1 aliphatic rings. The van der Waals surface area contributed by atoms with Crippen molar-refractivity contribution in [3.63, 3.8) is 0 Å². The minimum Gasteiger partial charge on any atom is -0.381 e. The Balaban J connectivity index is 2.42. The minimum absolute atomic E-state index is 0.0417. The van der Waals surface area contributed by atoms with E-state index in [2.05, 4.69) is 6.07 Å². The van der Waals surface area contributed by atoms with E-state index < -0.39 is 5.92 Å². The Morgan fingerprint density at radius 1 is 1.65 bits per heavy atom. The summed E-state index contributed by atoms with van der Waals surface area (Å²) in [6.45, 7) is 4.28. The lowest BCUT2D eigenvalue weighted by atomic mass is 10.00. The van der Waals surface area contributed by atoms with E-state index in [4.69, 9.17) is 10.00 Å². The van der Waals surface area contributed by atoms with Crippen LogP contribution in [0.15, 0.2) is 0 Å².